The number of hydrogen-bond acceptors (Lipinski definition) is 4. The molecule has 0 bridgehead atoms. The second-order valence-corrected chi connectivity index (χ2v) is 5.93. The monoisotopic (exact) mass is 321 g/mol. The Morgan fingerprint density at radius 1 is 1.30 bits per heavy atom. The van der Waals surface area contributed by atoms with Gasteiger partial charge in [-0.1, -0.05) is 12.1 Å². The lowest BCUT2D eigenvalue weighted by Crippen LogP contribution is -2.45. The molecular weight excluding hydrogens is 298 g/mol. The van der Waals surface area contributed by atoms with Gasteiger partial charge in [-0.05, 0) is 38.2 Å². The van der Waals surface area contributed by atoms with Crippen LogP contribution in [0.25, 0.3) is 0 Å². The molecule has 1 fully saturated rings. The number of amides is 2. The lowest BCUT2D eigenvalue weighted by atomic mass is 9.93. The summed E-state index contributed by atoms with van der Waals surface area (Å²) < 4.78 is 5.32. The lowest BCUT2D eigenvalue weighted by Gasteiger charge is -2.28. The van der Waals surface area contributed by atoms with Crippen molar-refractivity contribution in [3.8, 4) is 0 Å². The quantitative estimate of drug-likeness (QED) is 0.644. The fourth-order valence-corrected chi connectivity index (χ4v) is 2.77. The summed E-state index contributed by atoms with van der Waals surface area (Å²) in [6, 6.07) is 5.79. The van der Waals surface area contributed by atoms with Gasteiger partial charge >= 0.3 is 6.03 Å². The molecule has 23 heavy (non-hydrogen) atoms. The van der Waals surface area contributed by atoms with Crippen LogP contribution in [0.2, 0.25) is 0 Å². The molecule has 0 spiro atoms. The van der Waals surface area contributed by atoms with Crippen molar-refractivity contribution in [2.45, 2.75) is 38.8 Å². The number of nitro benzene ring substituents is 1. The van der Waals surface area contributed by atoms with E-state index in [0.717, 1.165) is 26.1 Å². The molecule has 2 rings (SSSR count). The van der Waals surface area contributed by atoms with E-state index >= 15 is 0 Å². The van der Waals surface area contributed by atoms with Crippen LogP contribution in [0.15, 0.2) is 24.3 Å². The van der Waals surface area contributed by atoms with E-state index in [0.29, 0.717) is 11.5 Å². The van der Waals surface area contributed by atoms with Crippen molar-refractivity contribution in [3.63, 3.8) is 0 Å². The fraction of sp³-hybridized carbons (Fsp3) is 0.562. The maximum atomic E-state index is 12.1. The first kappa shape index (κ1) is 17.2. The minimum atomic E-state index is -0.441. The normalized spacial score (nSPS) is 18.0. The number of rotatable bonds is 5. The largest absolute Gasteiger partial charge is 0.381 e. The molecule has 1 saturated heterocycles. The summed E-state index contributed by atoms with van der Waals surface area (Å²) in [5.74, 6) is 0.419. The highest BCUT2D eigenvalue weighted by Gasteiger charge is 2.22. The first-order chi connectivity index (χ1) is 11.0. The average molecular weight is 321 g/mol. The zero-order chi connectivity index (χ0) is 16.8. The third-order valence-corrected chi connectivity index (χ3v) is 4.26. The smallest absolute Gasteiger partial charge is 0.315 e. The molecule has 2 atom stereocenters. The maximum Gasteiger partial charge on any atom is 0.315 e. The number of benzene rings is 1. The standard InChI is InChI=1S/C16H23N3O4/c1-11(13-6-8-23-9-7-13)17-16(20)18-12(2)14-4-3-5-15(10-14)19(21)22/h3-5,10-13H,6-9H2,1-2H3,(H2,17,18,20)/t11-,12+/m1/s1. The van der Waals surface area contributed by atoms with Crippen molar-refractivity contribution < 1.29 is 14.5 Å². The Kier molecular flexibility index (Phi) is 5.92. The van der Waals surface area contributed by atoms with Gasteiger partial charge in [0.1, 0.15) is 0 Å². The molecule has 126 valence electrons. The Morgan fingerprint density at radius 2 is 2.00 bits per heavy atom. The van der Waals surface area contributed by atoms with Crippen LogP contribution in [-0.4, -0.2) is 30.2 Å². The van der Waals surface area contributed by atoms with E-state index < -0.39 is 4.92 Å². The highest BCUT2D eigenvalue weighted by atomic mass is 16.6. The number of urea groups is 1. The van der Waals surface area contributed by atoms with Gasteiger partial charge in [0, 0.05) is 31.4 Å². The zero-order valence-corrected chi connectivity index (χ0v) is 13.5. The topological polar surface area (TPSA) is 93.5 Å². The van der Waals surface area contributed by atoms with E-state index in [1.165, 1.54) is 12.1 Å². The van der Waals surface area contributed by atoms with E-state index in [1.807, 2.05) is 6.92 Å². The average Bonchev–Trinajstić information content (AvgIpc) is 2.55. The molecule has 7 heteroatoms. The van der Waals surface area contributed by atoms with Crippen LogP contribution >= 0.6 is 0 Å². The Hall–Kier alpha value is -2.15. The number of nitro groups is 1. The van der Waals surface area contributed by atoms with Gasteiger partial charge in [0.25, 0.3) is 5.69 Å². The Bertz CT molecular complexity index is 558. The highest BCUT2D eigenvalue weighted by Crippen LogP contribution is 2.20. The van der Waals surface area contributed by atoms with Crippen LogP contribution in [-0.2, 0) is 4.74 Å². The lowest BCUT2D eigenvalue weighted by molar-refractivity contribution is -0.384. The van der Waals surface area contributed by atoms with Gasteiger partial charge in [-0.3, -0.25) is 10.1 Å². The molecule has 0 unspecified atom stereocenters. The van der Waals surface area contributed by atoms with Crippen molar-refractivity contribution >= 4 is 11.7 Å². The number of hydrogen-bond donors (Lipinski definition) is 2. The number of carbonyl (C=O) groups is 1. The van der Waals surface area contributed by atoms with Crippen LogP contribution in [0, 0.1) is 16.0 Å². The van der Waals surface area contributed by atoms with Crippen molar-refractivity contribution in [1.29, 1.82) is 0 Å². The molecular formula is C16H23N3O4. The van der Waals surface area contributed by atoms with E-state index in [9.17, 15) is 14.9 Å². The summed E-state index contributed by atoms with van der Waals surface area (Å²) in [5, 5.41) is 16.6. The van der Waals surface area contributed by atoms with Crippen LogP contribution in [0.1, 0.15) is 38.3 Å². The fourth-order valence-electron chi connectivity index (χ4n) is 2.77. The summed E-state index contributed by atoms with van der Waals surface area (Å²) in [5.41, 5.74) is 0.722. The summed E-state index contributed by atoms with van der Waals surface area (Å²) in [6.07, 6.45) is 1.89. The number of nitrogens with one attached hydrogen (secondary N) is 2. The first-order valence-electron chi connectivity index (χ1n) is 7.86. The minimum Gasteiger partial charge on any atom is -0.381 e. The maximum absolute atomic E-state index is 12.1. The first-order valence-corrected chi connectivity index (χ1v) is 7.86. The third-order valence-electron chi connectivity index (χ3n) is 4.26. The number of ether oxygens (including phenoxy) is 1. The predicted molar refractivity (Wildman–Crippen MR) is 86.2 cm³/mol. The molecule has 0 saturated carbocycles. The summed E-state index contributed by atoms with van der Waals surface area (Å²) in [4.78, 5) is 22.5. The van der Waals surface area contributed by atoms with Crippen molar-refractivity contribution in [2.24, 2.45) is 5.92 Å². The van der Waals surface area contributed by atoms with E-state index in [4.69, 9.17) is 4.74 Å². The highest BCUT2D eigenvalue weighted by molar-refractivity contribution is 5.74. The molecule has 1 aromatic carbocycles. The summed E-state index contributed by atoms with van der Waals surface area (Å²) >= 11 is 0. The molecule has 0 radical (unpaired) electrons. The summed E-state index contributed by atoms with van der Waals surface area (Å²) in [7, 11) is 0. The Balaban J connectivity index is 1.88. The molecule has 0 aromatic heterocycles. The predicted octanol–water partition coefficient (Wildman–Crippen LogP) is 2.77. The van der Waals surface area contributed by atoms with E-state index in [1.54, 1.807) is 19.1 Å². The Labute approximate surface area is 135 Å². The van der Waals surface area contributed by atoms with Crippen LogP contribution in [0.5, 0.6) is 0 Å². The molecule has 1 aromatic rings. The zero-order valence-electron chi connectivity index (χ0n) is 13.5. The van der Waals surface area contributed by atoms with Crippen LogP contribution in [0.4, 0.5) is 10.5 Å². The van der Waals surface area contributed by atoms with Gasteiger partial charge < -0.3 is 15.4 Å². The molecule has 1 heterocycles. The molecule has 7 nitrogen and oxygen atoms in total. The van der Waals surface area contributed by atoms with Crippen LogP contribution in [0.3, 0.4) is 0 Å². The Morgan fingerprint density at radius 3 is 2.65 bits per heavy atom. The van der Waals surface area contributed by atoms with E-state index in [2.05, 4.69) is 10.6 Å². The van der Waals surface area contributed by atoms with E-state index in [-0.39, 0.29) is 23.8 Å². The molecule has 1 aliphatic heterocycles. The SMILES string of the molecule is C[C@H](NC(=O)N[C@H](C)C1CCOCC1)c1cccc([N+](=O)[O-])c1. The van der Waals surface area contributed by atoms with Gasteiger partial charge in [0.15, 0.2) is 0 Å². The molecule has 1 aliphatic rings. The number of carbonyl (C=O) groups excluding carboxylic acids is 1. The van der Waals surface area contributed by atoms with Gasteiger partial charge in [0.2, 0.25) is 0 Å². The number of nitrogens with zero attached hydrogens (tertiary/aromatic N) is 1. The third kappa shape index (κ3) is 4.92. The van der Waals surface area contributed by atoms with Crippen molar-refractivity contribution in [2.75, 3.05) is 13.2 Å². The molecule has 2 N–H and O–H groups in total. The van der Waals surface area contributed by atoms with Gasteiger partial charge in [-0.2, -0.15) is 0 Å². The summed E-state index contributed by atoms with van der Waals surface area (Å²) in [6.45, 7) is 5.27. The second-order valence-electron chi connectivity index (χ2n) is 5.93. The molecule has 2 amide bonds. The number of non-ortho nitro benzene ring substituents is 1. The van der Waals surface area contributed by atoms with Gasteiger partial charge in [-0.15, -0.1) is 0 Å². The van der Waals surface area contributed by atoms with Crippen molar-refractivity contribution in [3.05, 3.63) is 39.9 Å². The van der Waals surface area contributed by atoms with Crippen LogP contribution < -0.4 is 10.6 Å². The second kappa shape index (κ2) is 7.92. The molecule has 0 aliphatic carbocycles. The van der Waals surface area contributed by atoms with Gasteiger partial charge in [0.05, 0.1) is 11.0 Å². The minimum absolute atomic E-state index is 0.0205. The van der Waals surface area contributed by atoms with Gasteiger partial charge in [-0.25, -0.2) is 4.79 Å². The van der Waals surface area contributed by atoms with Crippen molar-refractivity contribution in [1.82, 2.24) is 10.6 Å².